The Bertz CT molecular complexity index is 1260. The summed E-state index contributed by atoms with van der Waals surface area (Å²) in [6.45, 7) is 3.77. The van der Waals surface area contributed by atoms with E-state index in [9.17, 15) is 9.59 Å². The SMILES string of the molecule is Cc1cc(/C=N/NC(=O)CSc2nc3ccccc3s2)c(C)n1NC(=O)c1ccccc1. The van der Waals surface area contributed by atoms with Crippen molar-refractivity contribution in [3.05, 3.63) is 83.2 Å². The van der Waals surface area contributed by atoms with E-state index in [-0.39, 0.29) is 17.6 Å². The summed E-state index contributed by atoms with van der Waals surface area (Å²) >= 11 is 2.95. The molecule has 2 amide bonds. The summed E-state index contributed by atoms with van der Waals surface area (Å²) in [6, 6.07) is 18.8. The highest BCUT2D eigenvalue weighted by molar-refractivity contribution is 8.01. The van der Waals surface area contributed by atoms with E-state index in [2.05, 4.69) is 20.9 Å². The van der Waals surface area contributed by atoms with Crippen LogP contribution in [0, 0.1) is 13.8 Å². The van der Waals surface area contributed by atoms with Crippen molar-refractivity contribution in [3.8, 4) is 0 Å². The number of hydrogen-bond acceptors (Lipinski definition) is 6. The van der Waals surface area contributed by atoms with E-state index in [0.717, 1.165) is 31.5 Å². The molecule has 4 aromatic rings. The van der Waals surface area contributed by atoms with Gasteiger partial charge in [0, 0.05) is 22.5 Å². The molecule has 2 heterocycles. The van der Waals surface area contributed by atoms with Gasteiger partial charge in [-0.05, 0) is 44.2 Å². The van der Waals surface area contributed by atoms with Gasteiger partial charge < -0.3 is 0 Å². The lowest BCUT2D eigenvalue weighted by Gasteiger charge is -2.11. The topological polar surface area (TPSA) is 88.4 Å². The average molecular weight is 464 g/mol. The van der Waals surface area contributed by atoms with Gasteiger partial charge in [-0.25, -0.2) is 10.4 Å². The van der Waals surface area contributed by atoms with Gasteiger partial charge in [0.1, 0.15) is 0 Å². The van der Waals surface area contributed by atoms with Gasteiger partial charge in [0.15, 0.2) is 4.34 Å². The Hall–Kier alpha value is -3.43. The lowest BCUT2D eigenvalue weighted by atomic mass is 10.2. The van der Waals surface area contributed by atoms with E-state index in [0.29, 0.717) is 5.56 Å². The first-order valence-corrected chi connectivity index (χ1v) is 11.7. The van der Waals surface area contributed by atoms with Gasteiger partial charge >= 0.3 is 0 Å². The summed E-state index contributed by atoms with van der Waals surface area (Å²) in [6.07, 6.45) is 1.58. The van der Waals surface area contributed by atoms with Crippen LogP contribution in [0.1, 0.15) is 27.3 Å². The molecule has 32 heavy (non-hydrogen) atoms. The number of rotatable bonds is 7. The molecule has 4 rings (SSSR count). The minimum atomic E-state index is -0.211. The van der Waals surface area contributed by atoms with Crippen LogP contribution in [0.25, 0.3) is 10.2 Å². The van der Waals surface area contributed by atoms with Crippen LogP contribution in [0.4, 0.5) is 0 Å². The molecule has 2 aromatic heterocycles. The van der Waals surface area contributed by atoms with Crippen LogP contribution >= 0.6 is 23.1 Å². The van der Waals surface area contributed by atoms with Crippen molar-refractivity contribution in [1.82, 2.24) is 15.1 Å². The molecule has 0 saturated heterocycles. The van der Waals surface area contributed by atoms with Gasteiger partial charge in [0.25, 0.3) is 11.8 Å². The highest BCUT2D eigenvalue weighted by Gasteiger charge is 2.12. The second kappa shape index (κ2) is 9.80. The molecule has 0 spiro atoms. The standard InChI is InChI=1S/C23H21N5O2S2/c1-15-12-18(16(2)28(15)27-22(30)17-8-4-3-5-9-17)13-24-26-21(29)14-31-23-25-19-10-6-7-11-20(19)32-23/h3-13H,14H2,1-2H3,(H,26,29)(H,27,30)/b24-13+. The number of benzene rings is 2. The number of fused-ring (bicyclic) bond motifs is 1. The Kier molecular flexibility index (Phi) is 6.67. The van der Waals surface area contributed by atoms with Crippen LogP contribution in [-0.4, -0.2) is 33.4 Å². The summed E-state index contributed by atoms with van der Waals surface area (Å²) in [7, 11) is 0. The summed E-state index contributed by atoms with van der Waals surface area (Å²) < 4.78 is 3.66. The van der Waals surface area contributed by atoms with Gasteiger partial charge in [0.05, 0.1) is 22.2 Å². The highest BCUT2D eigenvalue weighted by atomic mass is 32.2. The summed E-state index contributed by atoms with van der Waals surface area (Å²) in [5.41, 5.74) is 9.41. The van der Waals surface area contributed by atoms with E-state index in [1.54, 1.807) is 34.4 Å². The molecule has 0 saturated carbocycles. The molecule has 7 nitrogen and oxygen atoms in total. The molecule has 0 aliphatic rings. The van der Waals surface area contributed by atoms with Gasteiger partial charge in [-0.15, -0.1) is 11.3 Å². The number of carbonyl (C=O) groups excluding carboxylic acids is 2. The molecule has 0 radical (unpaired) electrons. The third-order valence-corrected chi connectivity index (χ3v) is 6.89. The van der Waals surface area contributed by atoms with Crippen LogP contribution in [0.5, 0.6) is 0 Å². The number of amides is 2. The molecule has 0 aliphatic carbocycles. The summed E-state index contributed by atoms with van der Waals surface area (Å²) in [5.74, 6) is -0.184. The predicted molar refractivity (Wildman–Crippen MR) is 130 cm³/mol. The maximum atomic E-state index is 12.4. The van der Waals surface area contributed by atoms with Crippen molar-refractivity contribution in [2.45, 2.75) is 18.2 Å². The molecule has 0 aliphatic heterocycles. The molecule has 0 fully saturated rings. The second-order valence-electron chi connectivity index (χ2n) is 7.00. The van der Waals surface area contributed by atoms with Crippen molar-refractivity contribution in [1.29, 1.82) is 0 Å². The zero-order valence-electron chi connectivity index (χ0n) is 17.5. The lowest BCUT2D eigenvalue weighted by Crippen LogP contribution is -2.24. The molecule has 0 bridgehead atoms. The monoisotopic (exact) mass is 463 g/mol. The fourth-order valence-electron chi connectivity index (χ4n) is 3.09. The summed E-state index contributed by atoms with van der Waals surface area (Å²) in [4.78, 5) is 29.1. The third-order valence-electron chi connectivity index (χ3n) is 4.71. The number of thiazole rings is 1. The number of nitrogens with one attached hydrogen (secondary N) is 2. The Balaban J connectivity index is 1.33. The first kappa shape index (κ1) is 21.8. The molecule has 2 aromatic carbocycles. The van der Waals surface area contributed by atoms with Crippen LogP contribution in [0.3, 0.4) is 0 Å². The van der Waals surface area contributed by atoms with Crippen molar-refractivity contribution in [2.75, 3.05) is 11.2 Å². The van der Waals surface area contributed by atoms with Gasteiger partial charge in [-0.1, -0.05) is 42.1 Å². The molecule has 162 valence electrons. The Morgan fingerprint density at radius 1 is 1.12 bits per heavy atom. The largest absolute Gasteiger partial charge is 0.272 e. The van der Waals surface area contributed by atoms with Crippen molar-refractivity contribution < 1.29 is 9.59 Å². The number of hydrazone groups is 1. The first-order valence-electron chi connectivity index (χ1n) is 9.87. The molecule has 0 atom stereocenters. The fraction of sp³-hybridized carbons (Fsp3) is 0.130. The molecule has 0 unspecified atom stereocenters. The normalized spacial score (nSPS) is 11.2. The molecule has 2 N–H and O–H groups in total. The van der Waals surface area contributed by atoms with Crippen molar-refractivity contribution in [3.63, 3.8) is 0 Å². The second-order valence-corrected chi connectivity index (χ2v) is 9.25. The van der Waals surface area contributed by atoms with Crippen LogP contribution in [0.2, 0.25) is 0 Å². The molecular formula is C23H21N5O2S2. The highest BCUT2D eigenvalue weighted by Crippen LogP contribution is 2.29. The number of para-hydroxylation sites is 1. The Morgan fingerprint density at radius 3 is 2.66 bits per heavy atom. The lowest BCUT2D eigenvalue weighted by molar-refractivity contribution is -0.118. The number of carbonyl (C=O) groups is 2. The first-order chi connectivity index (χ1) is 15.5. The maximum Gasteiger partial charge on any atom is 0.270 e. The maximum absolute atomic E-state index is 12.4. The van der Waals surface area contributed by atoms with Crippen LogP contribution < -0.4 is 10.9 Å². The van der Waals surface area contributed by atoms with Gasteiger partial charge in [-0.3, -0.25) is 19.7 Å². The van der Waals surface area contributed by atoms with E-state index in [4.69, 9.17) is 0 Å². The third kappa shape index (κ3) is 5.06. The summed E-state index contributed by atoms with van der Waals surface area (Å²) in [5, 5.41) is 4.07. The van der Waals surface area contributed by atoms with E-state index in [1.165, 1.54) is 11.8 Å². The van der Waals surface area contributed by atoms with Crippen LogP contribution in [-0.2, 0) is 4.79 Å². The minimum Gasteiger partial charge on any atom is -0.272 e. The Morgan fingerprint density at radius 2 is 1.88 bits per heavy atom. The average Bonchev–Trinajstić information content (AvgIpc) is 3.34. The van der Waals surface area contributed by atoms with E-state index in [1.807, 2.05) is 62.4 Å². The predicted octanol–water partition coefficient (Wildman–Crippen LogP) is 4.34. The quantitative estimate of drug-likeness (QED) is 0.242. The fourth-order valence-corrected chi connectivity index (χ4v) is 4.95. The zero-order valence-corrected chi connectivity index (χ0v) is 19.2. The number of aryl methyl sites for hydroxylation is 1. The number of thioether (sulfide) groups is 1. The van der Waals surface area contributed by atoms with E-state index < -0.39 is 0 Å². The number of hydrogen-bond donors (Lipinski definition) is 2. The van der Waals surface area contributed by atoms with Gasteiger partial charge in [0.2, 0.25) is 0 Å². The van der Waals surface area contributed by atoms with Crippen molar-refractivity contribution >= 4 is 51.3 Å². The number of aromatic nitrogens is 2. The van der Waals surface area contributed by atoms with Crippen molar-refractivity contribution in [2.24, 2.45) is 5.10 Å². The van der Waals surface area contributed by atoms with E-state index >= 15 is 0 Å². The molecular weight excluding hydrogens is 442 g/mol. The minimum absolute atomic E-state index is 0.198. The zero-order chi connectivity index (χ0) is 22.5. The van der Waals surface area contributed by atoms with Gasteiger partial charge in [-0.2, -0.15) is 5.10 Å². The molecule has 9 heteroatoms. The van der Waals surface area contributed by atoms with Crippen LogP contribution in [0.15, 0.2) is 70.1 Å². The smallest absolute Gasteiger partial charge is 0.270 e. The Labute approximate surface area is 193 Å². The number of nitrogens with zero attached hydrogens (tertiary/aromatic N) is 3.